The molecule has 126 valence electrons. The van der Waals surface area contributed by atoms with Gasteiger partial charge in [0.1, 0.15) is 0 Å². The summed E-state index contributed by atoms with van der Waals surface area (Å²) in [5.74, 6) is 0.364. The van der Waals surface area contributed by atoms with E-state index in [0.29, 0.717) is 5.92 Å². The molecule has 1 aromatic rings. The number of rotatable bonds is 3. The number of fused-ring (bicyclic) bond motifs is 1. The maximum atomic E-state index is 9.13. The van der Waals surface area contributed by atoms with Gasteiger partial charge in [-0.3, -0.25) is 6.08 Å². The summed E-state index contributed by atoms with van der Waals surface area (Å²) < 4.78 is 0. The van der Waals surface area contributed by atoms with Gasteiger partial charge in [-0.2, -0.15) is 5.57 Å². The molecule has 2 aliphatic carbocycles. The van der Waals surface area contributed by atoms with Crippen molar-refractivity contribution in [3.05, 3.63) is 80.1 Å². The van der Waals surface area contributed by atoms with Crippen LogP contribution in [0.3, 0.4) is 0 Å². The summed E-state index contributed by atoms with van der Waals surface area (Å²) in [6.45, 7) is 3.28. The Morgan fingerprint density at radius 2 is 1.83 bits per heavy atom. The average Bonchev–Trinajstić information content (AvgIpc) is 3.10. The predicted octanol–water partition coefficient (Wildman–Crippen LogP) is 4.60. The molecule has 0 saturated carbocycles. The number of aliphatic hydroxyl groups excluding tert-OH is 1. The van der Waals surface area contributed by atoms with Crippen LogP contribution in [0.2, 0.25) is 0 Å². The molecule has 0 amide bonds. The van der Waals surface area contributed by atoms with Gasteiger partial charge in [0.2, 0.25) is 0 Å². The zero-order chi connectivity index (χ0) is 13.7. The molecule has 0 aromatic heterocycles. The van der Waals surface area contributed by atoms with E-state index in [4.69, 9.17) is 5.11 Å². The topological polar surface area (TPSA) is 20.2 Å². The van der Waals surface area contributed by atoms with E-state index in [1.54, 1.807) is 0 Å². The van der Waals surface area contributed by atoms with Crippen molar-refractivity contribution in [3.8, 4) is 0 Å². The molecule has 0 aliphatic heterocycles. The quantitative estimate of drug-likeness (QED) is 0.533. The van der Waals surface area contributed by atoms with Gasteiger partial charge in [-0.1, -0.05) is 36.8 Å². The van der Waals surface area contributed by atoms with Gasteiger partial charge in [0.25, 0.3) is 0 Å². The predicted molar refractivity (Wildman–Crippen MR) is 102 cm³/mol. The van der Waals surface area contributed by atoms with Crippen molar-refractivity contribution in [3.63, 3.8) is 0 Å². The Labute approximate surface area is 170 Å². The number of halogens is 2. The Balaban J connectivity index is -0.000000643. The Hall–Kier alpha value is 0.0800. The summed E-state index contributed by atoms with van der Waals surface area (Å²) in [6, 6.07) is 8.50. The second-order valence-electron chi connectivity index (χ2n) is 4.51. The molecule has 23 heavy (non-hydrogen) atoms. The number of benzene rings is 1. The van der Waals surface area contributed by atoms with Crippen LogP contribution in [-0.2, 0) is 23.3 Å². The SMILES string of the molecule is Cl.Cl.OCCC1=CC(C2=[C-]C=CC2)c2ccccc21.[CH3-].[CH3-].[Si]=[Zr]. The number of allylic oxidation sites excluding steroid dienone is 5. The van der Waals surface area contributed by atoms with E-state index in [9.17, 15) is 0 Å². The third-order valence-electron chi connectivity index (χ3n) is 3.49. The van der Waals surface area contributed by atoms with Crippen molar-refractivity contribution in [1.82, 2.24) is 0 Å². The molecular formula is C18H23Cl2OSiZr-3. The molecule has 1 atom stereocenters. The van der Waals surface area contributed by atoms with Gasteiger partial charge in [-0.25, -0.2) is 12.2 Å². The van der Waals surface area contributed by atoms with Gasteiger partial charge in [0, 0.05) is 12.5 Å². The standard InChI is InChI=1S/C16H15O.2CH3.2ClH.Si.Zr/c17-10-9-13-11-16(12-5-1-2-6-12)15-8-4-3-7-14(13)15;;;;;;/h1-4,7-8,11,16-17H,5,9-10H2;2*1H3;2*1H;;/q3*-1;;;;. The molecule has 0 fully saturated rings. The van der Waals surface area contributed by atoms with Gasteiger partial charge in [0.05, 0.1) is 0 Å². The van der Waals surface area contributed by atoms with Gasteiger partial charge < -0.3 is 20.0 Å². The van der Waals surface area contributed by atoms with E-state index < -0.39 is 0 Å². The molecule has 0 heterocycles. The molecule has 3 rings (SSSR count). The van der Waals surface area contributed by atoms with Crippen LogP contribution in [0, 0.1) is 20.9 Å². The average molecular weight is 446 g/mol. The molecule has 1 unspecified atom stereocenters. The number of aliphatic hydroxyl groups is 1. The van der Waals surface area contributed by atoms with Crippen molar-refractivity contribution in [1.29, 1.82) is 0 Å². The minimum atomic E-state index is 0. The fourth-order valence-corrected chi connectivity index (χ4v) is 2.70. The van der Waals surface area contributed by atoms with E-state index in [-0.39, 0.29) is 46.3 Å². The van der Waals surface area contributed by atoms with E-state index >= 15 is 0 Å². The summed E-state index contributed by atoms with van der Waals surface area (Å²) in [6.07, 6.45) is 11.5. The van der Waals surface area contributed by atoms with E-state index in [1.807, 2.05) is 6.08 Å². The van der Waals surface area contributed by atoms with Gasteiger partial charge in [0.15, 0.2) is 0 Å². The molecule has 0 bridgehead atoms. The zero-order valence-electron chi connectivity index (χ0n) is 13.5. The van der Waals surface area contributed by atoms with Crippen LogP contribution in [0.15, 0.2) is 48.1 Å². The van der Waals surface area contributed by atoms with E-state index in [0.717, 1.165) is 12.8 Å². The van der Waals surface area contributed by atoms with E-state index in [1.165, 1.54) is 45.6 Å². The molecule has 1 N–H and O–H groups in total. The van der Waals surface area contributed by atoms with Gasteiger partial charge >= 0.3 is 30.2 Å². The van der Waals surface area contributed by atoms with Crippen molar-refractivity contribution in [2.45, 2.75) is 18.8 Å². The van der Waals surface area contributed by atoms with Crippen LogP contribution in [0.5, 0.6) is 0 Å². The Kier molecular flexibility index (Phi) is 17.5. The molecule has 0 spiro atoms. The Morgan fingerprint density at radius 3 is 2.39 bits per heavy atom. The first-order valence-corrected chi connectivity index (χ1v) is 10.5. The molecule has 2 aliphatic rings. The first-order valence-electron chi connectivity index (χ1n) is 6.33. The molecule has 2 radical (unpaired) electrons. The Morgan fingerprint density at radius 1 is 1.17 bits per heavy atom. The zero-order valence-corrected chi connectivity index (χ0v) is 18.6. The van der Waals surface area contributed by atoms with E-state index in [2.05, 4.69) is 49.4 Å². The van der Waals surface area contributed by atoms with Crippen molar-refractivity contribution in [2.24, 2.45) is 0 Å². The maximum absolute atomic E-state index is 9.13. The van der Waals surface area contributed by atoms with Gasteiger partial charge in [-0.15, -0.1) is 24.8 Å². The Bertz CT molecular complexity index is 556. The summed E-state index contributed by atoms with van der Waals surface area (Å²) in [4.78, 5) is 0. The third kappa shape index (κ3) is 6.48. The van der Waals surface area contributed by atoms with Gasteiger partial charge in [-0.05, 0) is 23.1 Å². The second kappa shape index (κ2) is 14.4. The molecular weight excluding hydrogens is 422 g/mol. The van der Waals surface area contributed by atoms with Crippen LogP contribution in [0.4, 0.5) is 0 Å². The van der Waals surface area contributed by atoms with Crippen LogP contribution in [0.25, 0.3) is 5.57 Å². The summed E-state index contributed by atoms with van der Waals surface area (Å²) in [7, 11) is 0. The normalized spacial score (nSPS) is 15.9. The van der Waals surface area contributed by atoms with Crippen molar-refractivity contribution in [2.75, 3.05) is 6.61 Å². The molecule has 1 aromatic carbocycles. The summed E-state index contributed by atoms with van der Waals surface area (Å²) in [5, 5.41) is 9.13. The van der Waals surface area contributed by atoms with Crippen LogP contribution in [0.1, 0.15) is 29.9 Å². The van der Waals surface area contributed by atoms with Crippen molar-refractivity contribution >= 4 is 37.3 Å². The molecule has 5 heteroatoms. The molecule has 1 nitrogen and oxygen atoms in total. The summed E-state index contributed by atoms with van der Waals surface area (Å²) >= 11 is 1.36. The fourth-order valence-electron chi connectivity index (χ4n) is 2.70. The fraction of sp³-hybridized carbons (Fsp3) is 0.222. The third-order valence-corrected chi connectivity index (χ3v) is 3.49. The number of hydrogen-bond acceptors (Lipinski definition) is 1. The first kappa shape index (κ1) is 27.9. The minimum absolute atomic E-state index is 0. The molecule has 0 saturated heterocycles. The van der Waals surface area contributed by atoms with Crippen LogP contribution < -0.4 is 0 Å². The summed E-state index contributed by atoms with van der Waals surface area (Å²) in [5.41, 5.74) is 5.27. The van der Waals surface area contributed by atoms with Crippen molar-refractivity contribution < 1.29 is 28.4 Å². The van der Waals surface area contributed by atoms with Crippen LogP contribution in [-0.4, -0.2) is 18.6 Å². The number of hydrogen-bond donors (Lipinski definition) is 1. The first-order chi connectivity index (χ1) is 9.40. The van der Waals surface area contributed by atoms with Crippen LogP contribution >= 0.6 is 24.8 Å². The second-order valence-corrected chi connectivity index (χ2v) is 4.51. The monoisotopic (exact) mass is 443 g/mol.